The molecule has 2 fully saturated rings. The highest BCUT2D eigenvalue weighted by Gasteiger charge is 2.39. The van der Waals surface area contributed by atoms with Gasteiger partial charge >= 0.3 is 0 Å². The van der Waals surface area contributed by atoms with E-state index in [9.17, 15) is 9.90 Å². The van der Waals surface area contributed by atoms with Crippen molar-refractivity contribution in [3.05, 3.63) is 29.8 Å². The number of piperidine rings is 2. The van der Waals surface area contributed by atoms with E-state index >= 15 is 0 Å². The van der Waals surface area contributed by atoms with Gasteiger partial charge in [-0.25, -0.2) is 0 Å². The number of ether oxygens (including phenoxy) is 1. The molecule has 160 valence electrons. The Morgan fingerprint density at radius 2 is 1.96 bits per heavy atom. The molecule has 2 heterocycles. The van der Waals surface area contributed by atoms with Crippen molar-refractivity contribution in [2.75, 3.05) is 45.2 Å². The van der Waals surface area contributed by atoms with Crippen molar-refractivity contribution in [1.29, 1.82) is 0 Å². The Hall–Kier alpha value is -0.890. The standard InChI is InChI=1S/C20H31N3O3.2ClH/c1-26-20(7-9-21-10-8-20)19(25)22-18-4-2-3-17(13-18)14-23-11-5-16(15-24)6-12-23;;/h2-4,13,16,21,24H,5-12,14-15H2,1H3,(H,22,25);2*1H. The van der Waals surface area contributed by atoms with E-state index in [0.29, 0.717) is 25.4 Å². The molecule has 2 aliphatic heterocycles. The van der Waals surface area contributed by atoms with E-state index < -0.39 is 5.60 Å². The number of halogens is 2. The average Bonchev–Trinajstić information content (AvgIpc) is 2.69. The van der Waals surface area contributed by atoms with Crippen molar-refractivity contribution in [2.24, 2.45) is 5.92 Å². The quantitative estimate of drug-likeness (QED) is 0.642. The van der Waals surface area contributed by atoms with Gasteiger partial charge in [0.25, 0.3) is 5.91 Å². The lowest BCUT2D eigenvalue weighted by molar-refractivity contribution is -0.140. The molecule has 28 heavy (non-hydrogen) atoms. The zero-order chi connectivity index (χ0) is 18.4. The number of hydrogen-bond donors (Lipinski definition) is 3. The van der Waals surface area contributed by atoms with Crippen molar-refractivity contribution < 1.29 is 14.6 Å². The van der Waals surface area contributed by atoms with Gasteiger partial charge in [-0.1, -0.05) is 12.1 Å². The molecule has 8 heteroatoms. The second-order valence-electron chi connectivity index (χ2n) is 7.51. The summed E-state index contributed by atoms with van der Waals surface area (Å²) in [5.74, 6) is 0.398. The first kappa shape index (κ1) is 25.1. The minimum Gasteiger partial charge on any atom is -0.396 e. The fraction of sp³-hybridized carbons (Fsp3) is 0.650. The molecule has 1 amide bonds. The van der Waals surface area contributed by atoms with Crippen LogP contribution < -0.4 is 10.6 Å². The summed E-state index contributed by atoms with van der Waals surface area (Å²) in [5.41, 5.74) is 1.29. The lowest BCUT2D eigenvalue weighted by Gasteiger charge is -2.34. The summed E-state index contributed by atoms with van der Waals surface area (Å²) in [5, 5.41) is 15.6. The monoisotopic (exact) mass is 433 g/mol. The van der Waals surface area contributed by atoms with Crippen molar-refractivity contribution in [2.45, 2.75) is 37.8 Å². The molecule has 0 unspecified atom stereocenters. The van der Waals surface area contributed by atoms with Gasteiger partial charge in [0.15, 0.2) is 0 Å². The molecular weight excluding hydrogens is 401 g/mol. The lowest BCUT2D eigenvalue weighted by atomic mass is 9.91. The number of nitrogens with one attached hydrogen (secondary N) is 2. The van der Waals surface area contributed by atoms with Crippen LogP contribution in [0.4, 0.5) is 5.69 Å². The maximum atomic E-state index is 12.8. The van der Waals surface area contributed by atoms with E-state index in [1.165, 1.54) is 5.56 Å². The third-order valence-electron chi connectivity index (χ3n) is 5.77. The molecule has 3 rings (SSSR count). The Labute approximate surface area is 180 Å². The first-order valence-electron chi connectivity index (χ1n) is 9.65. The van der Waals surface area contributed by atoms with Gasteiger partial charge in [-0.15, -0.1) is 24.8 Å². The van der Waals surface area contributed by atoms with Crippen molar-refractivity contribution in [1.82, 2.24) is 10.2 Å². The summed E-state index contributed by atoms with van der Waals surface area (Å²) >= 11 is 0. The van der Waals surface area contributed by atoms with Gasteiger partial charge in [0, 0.05) is 25.9 Å². The molecule has 2 saturated heterocycles. The van der Waals surface area contributed by atoms with Crippen molar-refractivity contribution in [3.8, 4) is 0 Å². The maximum Gasteiger partial charge on any atom is 0.256 e. The van der Waals surface area contributed by atoms with Crippen LogP contribution in [-0.2, 0) is 16.1 Å². The molecule has 0 saturated carbocycles. The maximum absolute atomic E-state index is 12.8. The minimum atomic E-state index is -0.729. The highest BCUT2D eigenvalue weighted by Crippen LogP contribution is 2.25. The number of carbonyl (C=O) groups is 1. The summed E-state index contributed by atoms with van der Waals surface area (Å²) in [6.07, 6.45) is 3.48. The fourth-order valence-corrected chi connectivity index (χ4v) is 3.93. The first-order chi connectivity index (χ1) is 12.6. The van der Waals surface area contributed by atoms with Gasteiger partial charge in [0.1, 0.15) is 5.60 Å². The molecule has 0 bridgehead atoms. The van der Waals surface area contributed by atoms with Gasteiger partial charge in [-0.05, 0) is 75.5 Å². The second-order valence-corrected chi connectivity index (χ2v) is 7.51. The normalized spacial score (nSPS) is 19.9. The van der Waals surface area contributed by atoms with Gasteiger partial charge < -0.3 is 20.5 Å². The summed E-state index contributed by atoms with van der Waals surface area (Å²) in [6, 6.07) is 8.09. The lowest BCUT2D eigenvalue weighted by Crippen LogP contribution is -2.51. The number of carbonyl (C=O) groups excluding carboxylic acids is 1. The van der Waals surface area contributed by atoms with Crippen LogP contribution in [0.5, 0.6) is 0 Å². The Kier molecular flexibility index (Phi) is 10.7. The molecule has 1 aromatic carbocycles. The van der Waals surface area contributed by atoms with Crippen LogP contribution >= 0.6 is 24.8 Å². The largest absolute Gasteiger partial charge is 0.396 e. The molecule has 2 aliphatic rings. The molecule has 3 N–H and O–H groups in total. The van der Waals surface area contributed by atoms with Crippen LogP contribution in [0.1, 0.15) is 31.2 Å². The van der Waals surface area contributed by atoms with Crippen LogP contribution in [0, 0.1) is 5.92 Å². The molecular formula is C20H33Cl2N3O3. The molecule has 0 radical (unpaired) electrons. The predicted octanol–water partition coefficient (Wildman–Crippen LogP) is 2.44. The molecule has 0 spiro atoms. The van der Waals surface area contributed by atoms with E-state index in [-0.39, 0.29) is 30.7 Å². The number of aliphatic hydroxyl groups excluding tert-OH is 1. The van der Waals surface area contributed by atoms with E-state index in [0.717, 1.165) is 51.3 Å². The third-order valence-corrected chi connectivity index (χ3v) is 5.77. The van der Waals surface area contributed by atoms with Gasteiger partial charge in [0.05, 0.1) is 0 Å². The van der Waals surface area contributed by atoms with Crippen LogP contribution in [0.2, 0.25) is 0 Å². The van der Waals surface area contributed by atoms with E-state index in [4.69, 9.17) is 4.74 Å². The number of anilines is 1. The number of rotatable bonds is 6. The zero-order valence-electron chi connectivity index (χ0n) is 16.5. The number of methoxy groups -OCH3 is 1. The number of nitrogens with zero attached hydrogens (tertiary/aromatic N) is 1. The van der Waals surface area contributed by atoms with Crippen LogP contribution in [0.15, 0.2) is 24.3 Å². The number of aliphatic hydroxyl groups is 1. The van der Waals surface area contributed by atoms with Crippen LogP contribution in [0.25, 0.3) is 0 Å². The van der Waals surface area contributed by atoms with E-state index in [1.807, 2.05) is 12.1 Å². The van der Waals surface area contributed by atoms with Crippen LogP contribution in [-0.4, -0.2) is 61.4 Å². The fourth-order valence-electron chi connectivity index (χ4n) is 3.93. The molecule has 0 aliphatic carbocycles. The summed E-state index contributed by atoms with van der Waals surface area (Å²) in [6.45, 7) is 4.80. The average molecular weight is 434 g/mol. The van der Waals surface area contributed by atoms with Gasteiger partial charge in [-0.3, -0.25) is 9.69 Å². The van der Waals surface area contributed by atoms with E-state index in [2.05, 4.69) is 27.7 Å². The smallest absolute Gasteiger partial charge is 0.256 e. The zero-order valence-corrected chi connectivity index (χ0v) is 18.1. The Balaban J connectivity index is 0.00000196. The first-order valence-corrected chi connectivity index (χ1v) is 9.65. The summed E-state index contributed by atoms with van der Waals surface area (Å²) < 4.78 is 5.60. The SMILES string of the molecule is COC1(C(=O)Nc2cccc(CN3CCC(CO)CC3)c2)CCNCC1.Cl.Cl. The van der Waals surface area contributed by atoms with Crippen molar-refractivity contribution >= 4 is 36.4 Å². The van der Waals surface area contributed by atoms with Crippen LogP contribution in [0.3, 0.4) is 0 Å². The molecule has 0 atom stereocenters. The second kappa shape index (κ2) is 12.0. The molecule has 6 nitrogen and oxygen atoms in total. The highest BCUT2D eigenvalue weighted by atomic mass is 35.5. The minimum absolute atomic E-state index is 0. The highest BCUT2D eigenvalue weighted by molar-refractivity contribution is 5.97. The molecule has 0 aromatic heterocycles. The third kappa shape index (κ3) is 6.31. The Morgan fingerprint density at radius 1 is 1.29 bits per heavy atom. The van der Waals surface area contributed by atoms with Gasteiger partial charge in [-0.2, -0.15) is 0 Å². The van der Waals surface area contributed by atoms with E-state index in [1.54, 1.807) is 7.11 Å². The number of hydrogen-bond acceptors (Lipinski definition) is 5. The number of benzene rings is 1. The number of likely N-dealkylation sites (tertiary alicyclic amines) is 1. The summed E-state index contributed by atoms with van der Waals surface area (Å²) in [4.78, 5) is 15.2. The topological polar surface area (TPSA) is 73.8 Å². The van der Waals surface area contributed by atoms with Gasteiger partial charge in [0.2, 0.25) is 0 Å². The van der Waals surface area contributed by atoms with Crippen molar-refractivity contribution in [3.63, 3.8) is 0 Å². The summed E-state index contributed by atoms with van der Waals surface area (Å²) in [7, 11) is 1.62. The number of amides is 1. The Morgan fingerprint density at radius 3 is 2.57 bits per heavy atom. The predicted molar refractivity (Wildman–Crippen MR) is 116 cm³/mol. The molecule has 1 aromatic rings. The Bertz CT molecular complexity index is 604.